The highest BCUT2D eigenvalue weighted by Crippen LogP contribution is 2.20. The smallest absolute Gasteiger partial charge is 0.208 e. The van der Waals surface area contributed by atoms with Crippen LogP contribution in [0.2, 0.25) is 0 Å². The van der Waals surface area contributed by atoms with E-state index in [0.717, 1.165) is 67.3 Å². The van der Waals surface area contributed by atoms with Gasteiger partial charge in [0.25, 0.3) is 0 Å². The van der Waals surface area contributed by atoms with Crippen molar-refractivity contribution in [1.29, 1.82) is 0 Å². The van der Waals surface area contributed by atoms with E-state index >= 15 is 0 Å². The zero-order valence-electron chi connectivity index (χ0n) is 19.4. The van der Waals surface area contributed by atoms with Crippen molar-refractivity contribution in [2.75, 3.05) is 40.8 Å². The molecule has 1 aromatic carbocycles. The second kappa shape index (κ2) is 12.3. The highest BCUT2D eigenvalue weighted by molar-refractivity contribution is 14.0. The number of oxazole rings is 1. The molecule has 0 saturated carbocycles. The highest BCUT2D eigenvalue weighted by atomic mass is 127. The summed E-state index contributed by atoms with van der Waals surface area (Å²) in [5.41, 5.74) is 2.14. The fourth-order valence-corrected chi connectivity index (χ4v) is 3.93. The molecule has 172 valence electrons. The Morgan fingerprint density at radius 3 is 2.61 bits per heavy atom. The number of methoxy groups -OCH3 is 1. The van der Waals surface area contributed by atoms with Crippen molar-refractivity contribution in [2.45, 2.75) is 39.8 Å². The number of guanidine groups is 1. The second-order valence-electron chi connectivity index (χ2n) is 8.06. The molecule has 2 heterocycles. The summed E-state index contributed by atoms with van der Waals surface area (Å²) in [6, 6.07) is 8.12. The molecule has 1 aliphatic heterocycles. The Kier molecular flexibility index (Phi) is 10.1. The molecule has 0 radical (unpaired) electrons. The lowest BCUT2D eigenvalue weighted by Gasteiger charge is -2.32. The number of hydrogen-bond acceptors (Lipinski definition) is 5. The maximum absolute atomic E-state index is 5.73. The Labute approximate surface area is 203 Å². The fraction of sp³-hybridized carbons (Fsp3) is 0.565. The molecule has 1 aliphatic rings. The van der Waals surface area contributed by atoms with Gasteiger partial charge in [0.15, 0.2) is 5.96 Å². The van der Waals surface area contributed by atoms with Crippen molar-refractivity contribution < 1.29 is 9.15 Å². The predicted molar refractivity (Wildman–Crippen MR) is 135 cm³/mol. The number of aromatic nitrogens is 1. The Morgan fingerprint density at radius 2 is 2.00 bits per heavy atom. The molecule has 0 bridgehead atoms. The number of rotatable bonds is 7. The number of hydrogen-bond donors (Lipinski definition) is 1. The van der Waals surface area contributed by atoms with Crippen LogP contribution in [0.25, 0.3) is 0 Å². The van der Waals surface area contributed by atoms with Crippen LogP contribution >= 0.6 is 24.0 Å². The monoisotopic (exact) mass is 541 g/mol. The molecule has 0 unspecified atom stereocenters. The standard InChI is InChI=1S/C23H35N5O2.HI/c1-17-18(2)30-22(26-17)16-28-12-10-19(11-13-28)14-25-23(24-3)27(4)15-20-8-6-7-9-21(20)29-5;/h6-9,19H,10-16H2,1-5H3,(H,24,25);1H. The molecular formula is C23H36IN5O2. The molecule has 1 saturated heterocycles. The molecular weight excluding hydrogens is 505 g/mol. The first-order valence-corrected chi connectivity index (χ1v) is 10.7. The first-order chi connectivity index (χ1) is 14.5. The molecule has 1 N–H and O–H groups in total. The van der Waals surface area contributed by atoms with Gasteiger partial charge in [-0.05, 0) is 51.8 Å². The molecule has 31 heavy (non-hydrogen) atoms. The predicted octanol–water partition coefficient (Wildman–Crippen LogP) is 3.84. The number of aliphatic imine (C=N–C) groups is 1. The van der Waals surface area contributed by atoms with Crippen LogP contribution in [0.4, 0.5) is 0 Å². The Balaban J connectivity index is 0.00000341. The van der Waals surface area contributed by atoms with Gasteiger partial charge in [-0.3, -0.25) is 9.89 Å². The summed E-state index contributed by atoms with van der Waals surface area (Å²) in [6.07, 6.45) is 2.33. The number of likely N-dealkylation sites (tertiary alicyclic amines) is 1. The first-order valence-electron chi connectivity index (χ1n) is 10.7. The summed E-state index contributed by atoms with van der Waals surface area (Å²) in [4.78, 5) is 13.5. The van der Waals surface area contributed by atoms with Gasteiger partial charge in [0.2, 0.25) is 5.89 Å². The molecule has 0 spiro atoms. The van der Waals surface area contributed by atoms with Crippen molar-refractivity contribution in [1.82, 2.24) is 20.1 Å². The van der Waals surface area contributed by atoms with Crippen LogP contribution in [0.15, 0.2) is 33.7 Å². The number of para-hydroxylation sites is 1. The number of halogens is 1. The van der Waals surface area contributed by atoms with Gasteiger partial charge in [0.05, 0.1) is 19.3 Å². The number of nitrogens with zero attached hydrogens (tertiary/aromatic N) is 4. The lowest BCUT2D eigenvalue weighted by Crippen LogP contribution is -2.43. The van der Waals surface area contributed by atoms with Crippen LogP contribution in [0, 0.1) is 19.8 Å². The van der Waals surface area contributed by atoms with E-state index in [2.05, 4.69) is 38.2 Å². The summed E-state index contributed by atoms with van der Waals surface area (Å²) >= 11 is 0. The van der Waals surface area contributed by atoms with Crippen LogP contribution < -0.4 is 10.1 Å². The van der Waals surface area contributed by atoms with Gasteiger partial charge < -0.3 is 19.4 Å². The van der Waals surface area contributed by atoms with Crippen LogP contribution in [-0.4, -0.2) is 61.6 Å². The van der Waals surface area contributed by atoms with Crippen molar-refractivity contribution in [2.24, 2.45) is 10.9 Å². The third kappa shape index (κ3) is 7.10. The number of benzene rings is 1. The van der Waals surface area contributed by atoms with Gasteiger partial charge in [-0.15, -0.1) is 24.0 Å². The highest BCUT2D eigenvalue weighted by Gasteiger charge is 2.21. The van der Waals surface area contributed by atoms with Crippen LogP contribution in [-0.2, 0) is 13.1 Å². The van der Waals surface area contributed by atoms with Gasteiger partial charge in [0.1, 0.15) is 11.5 Å². The maximum Gasteiger partial charge on any atom is 0.208 e. The van der Waals surface area contributed by atoms with E-state index < -0.39 is 0 Å². The zero-order valence-corrected chi connectivity index (χ0v) is 21.7. The summed E-state index contributed by atoms with van der Waals surface area (Å²) in [7, 11) is 5.61. The van der Waals surface area contributed by atoms with Crippen LogP contribution in [0.5, 0.6) is 5.75 Å². The molecule has 7 nitrogen and oxygen atoms in total. The van der Waals surface area contributed by atoms with E-state index in [0.29, 0.717) is 5.92 Å². The van der Waals surface area contributed by atoms with Crippen molar-refractivity contribution in [3.8, 4) is 5.75 Å². The quantitative estimate of drug-likeness (QED) is 0.327. The number of piperidine rings is 1. The molecule has 0 amide bonds. The van der Waals surface area contributed by atoms with Crippen molar-refractivity contribution in [3.63, 3.8) is 0 Å². The molecule has 3 rings (SSSR count). The number of ether oxygens (including phenoxy) is 1. The van der Waals surface area contributed by atoms with Crippen LogP contribution in [0.1, 0.15) is 35.7 Å². The SMILES string of the molecule is CN=C(NCC1CCN(Cc2nc(C)c(C)o2)CC1)N(C)Cc1ccccc1OC.I. The average molecular weight is 541 g/mol. The minimum absolute atomic E-state index is 0. The van der Waals surface area contributed by atoms with Gasteiger partial charge in [-0.1, -0.05) is 18.2 Å². The lowest BCUT2D eigenvalue weighted by atomic mass is 9.97. The normalized spacial score (nSPS) is 15.5. The van der Waals surface area contributed by atoms with Gasteiger partial charge in [0, 0.05) is 32.7 Å². The molecule has 0 atom stereocenters. The minimum Gasteiger partial charge on any atom is -0.496 e. The zero-order chi connectivity index (χ0) is 21.5. The minimum atomic E-state index is 0. The topological polar surface area (TPSA) is 66.1 Å². The van der Waals surface area contributed by atoms with Crippen molar-refractivity contribution >= 4 is 29.9 Å². The summed E-state index contributed by atoms with van der Waals surface area (Å²) in [5.74, 6) is 4.22. The fourth-order valence-electron chi connectivity index (χ4n) is 3.93. The van der Waals surface area contributed by atoms with E-state index in [4.69, 9.17) is 9.15 Å². The lowest BCUT2D eigenvalue weighted by molar-refractivity contribution is 0.163. The third-order valence-corrected chi connectivity index (χ3v) is 5.86. The molecule has 1 aromatic heterocycles. The second-order valence-corrected chi connectivity index (χ2v) is 8.06. The summed E-state index contributed by atoms with van der Waals surface area (Å²) in [6.45, 7) is 8.60. The largest absolute Gasteiger partial charge is 0.496 e. The van der Waals surface area contributed by atoms with Gasteiger partial charge in [-0.25, -0.2) is 4.98 Å². The van der Waals surface area contributed by atoms with E-state index in [9.17, 15) is 0 Å². The summed E-state index contributed by atoms with van der Waals surface area (Å²) in [5, 5.41) is 3.56. The molecule has 2 aromatic rings. The Bertz CT molecular complexity index is 827. The molecule has 0 aliphatic carbocycles. The number of aryl methyl sites for hydroxylation is 2. The Morgan fingerprint density at radius 1 is 1.29 bits per heavy atom. The number of nitrogens with one attached hydrogen (secondary N) is 1. The molecule has 8 heteroatoms. The molecule has 1 fully saturated rings. The average Bonchev–Trinajstić information content (AvgIpc) is 3.06. The summed E-state index contributed by atoms with van der Waals surface area (Å²) < 4.78 is 11.2. The van der Waals surface area contributed by atoms with E-state index in [-0.39, 0.29) is 24.0 Å². The Hall–Kier alpha value is -1.81. The third-order valence-electron chi connectivity index (χ3n) is 5.86. The first kappa shape index (κ1) is 25.5. The van der Waals surface area contributed by atoms with Gasteiger partial charge >= 0.3 is 0 Å². The van der Waals surface area contributed by atoms with Crippen molar-refractivity contribution in [3.05, 3.63) is 47.2 Å². The van der Waals surface area contributed by atoms with E-state index in [1.807, 2.05) is 39.1 Å². The van der Waals surface area contributed by atoms with E-state index in [1.54, 1.807) is 7.11 Å². The van der Waals surface area contributed by atoms with Crippen LogP contribution in [0.3, 0.4) is 0 Å². The van der Waals surface area contributed by atoms with E-state index in [1.165, 1.54) is 12.8 Å². The van der Waals surface area contributed by atoms with Gasteiger partial charge in [-0.2, -0.15) is 0 Å². The maximum atomic E-state index is 5.73.